The molecule has 3 nitrogen and oxygen atoms in total. The summed E-state index contributed by atoms with van der Waals surface area (Å²) in [4.78, 5) is 2.55. The van der Waals surface area contributed by atoms with Crippen molar-refractivity contribution in [1.82, 2.24) is 15.5 Å². The Morgan fingerprint density at radius 2 is 0.692 bits per heavy atom. The Bertz CT molecular complexity index is 222. The zero-order valence-electron chi connectivity index (χ0n) is 18.6. The zero-order valence-corrected chi connectivity index (χ0v) is 18.6. The molecule has 0 aliphatic heterocycles. The molecule has 0 aromatic rings. The maximum absolute atomic E-state index is 3.23. The lowest BCUT2D eigenvalue weighted by Crippen LogP contribution is -2.20. The highest BCUT2D eigenvalue weighted by Gasteiger charge is 1.99. The lowest BCUT2D eigenvalue weighted by molar-refractivity contribution is 0.314. The first-order valence-corrected chi connectivity index (χ1v) is 11.8. The first-order chi connectivity index (χ1) is 12.8. The Balaban J connectivity index is 3.12. The molecule has 0 amide bonds. The molecule has 0 aliphatic rings. The van der Waals surface area contributed by atoms with Crippen molar-refractivity contribution in [3.8, 4) is 0 Å². The van der Waals surface area contributed by atoms with Crippen molar-refractivity contribution in [2.24, 2.45) is 0 Å². The monoisotopic (exact) mass is 369 g/mol. The summed E-state index contributed by atoms with van der Waals surface area (Å²) in [5.41, 5.74) is 0. The molecule has 158 valence electrons. The minimum Gasteiger partial charge on any atom is -0.320 e. The molecular weight excluding hydrogens is 318 g/mol. The second kappa shape index (κ2) is 22.9. The molecule has 26 heavy (non-hydrogen) atoms. The van der Waals surface area contributed by atoms with Gasteiger partial charge in [-0.05, 0) is 73.0 Å². The highest BCUT2D eigenvalue weighted by Crippen LogP contribution is 2.10. The molecule has 0 saturated carbocycles. The molecule has 2 N–H and O–H groups in total. The van der Waals surface area contributed by atoms with Crippen LogP contribution in [0, 0.1) is 0 Å². The summed E-state index contributed by atoms with van der Waals surface area (Å²) in [5.74, 6) is 0. The van der Waals surface area contributed by atoms with Gasteiger partial charge in [0.15, 0.2) is 0 Å². The summed E-state index contributed by atoms with van der Waals surface area (Å²) in [6.07, 6.45) is 22.6. The Morgan fingerprint density at radius 1 is 0.423 bits per heavy atom. The van der Waals surface area contributed by atoms with Crippen LogP contribution < -0.4 is 10.6 Å². The van der Waals surface area contributed by atoms with Gasteiger partial charge in [0, 0.05) is 0 Å². The molecule has 0 radical (unpaired) electrons. The summed E-state index contributed by atoms with van der Waals surface area (Å²) >= 11 is 0. The molecule has 0 atom stereocenters. The van der Waals surface area contributed by atoms with Gasteiger partial charge in [-0.1, -0.05) is 77.0 Å². The quantitative estimate of drug-likeness (QED) is 0.243. The van der Waals surface area contributed by atoms with Gasteiger partial charge in [-0.2, -0.15) is 0 Å². The number of hydrogen-bond donors (Lipinski definition) is 2. The van der Waals surface area contributed by atoms with Gasteiger partial charge in [0.05, 0.1) is 0 Å². The van der Waals surface area contributed by atoms with Crippen LogP contribution >= 0.6 is 0 Å². The molecule has 0 spiro atoms. The van der Waals surface area contributed by atoms with E-state index in [9.17, 15) is 0 Å². The molecule has 0 rings (SSSR count). The summed E-state index contributed by atoms with van der Waals surface area (Å²) in [6, 6.07) is 0. The molecular formula is C23H51N3. The van der Waals surface area contributed by atoms with Crippen LogP contribution in [0.5, 0.6) is 0 Å². The van der Waals surface area contributed by atoms with Crippen LogP contribution in [0.4, 0.5) is 0 Å². The second-order valence-electron chi connectivity index (χ2n) is 8.17. The predicted molar refractivity (Wildman–Crippen MR) is 119 cm³/mol. The molecule has 0 fully saturated rings. The topological polar surface area (TPSA) is 27.3 Å². The largest absolute Gasteiger partial charge is 0.320 e. The van der Waals surface area contributed by atoms with Crippen molar-refractivity contribution < 1.29 is 0 Å². The molecule has 0 aromatic heterocycles. The highest BCUT2D eigenvalue weighted by molar-refractivity contribution is 4.55. The number of unbranched alkanes of at least 4 members (excludes halogenated alkanes) is 14. The Labute approximate surface area is 166 Å². The predicted octanol–water partition coefficient (Wildman–Crippen LogP) is 5.60. The van der Waals surface area contributed by atoms with E-state index >= 15 is 0 Å². The minimum absolute atomic E-state index is 1.18. The van der Waals surface area contributed by atoms with Crippen molar-refractivity contribution in [1.29, 1.82) is 0 Å². The molecule has 3 heteroatoms. The molecule has 0 saturated heterocycles. The third kappa shape index (κ3) is 21.9. The van der Waals surface area contributed by atoms with E-state index in [0.29, 0.717) is 0 Å². The first kappa shape index (κ1) is 25.9. The molecule has 0 unspecified atom stereocenters. The average Bonchev–Trinajstić information content (AvgIpc) is 2.64. The van der Waals surface area contributed by atoms with Crippen molar-refractivity contribution in [2.75, 3.05) is 47.3 Å². The zero-order chi connectivity index (χ0) is 19.1. The highest BCUT2D eigenvalue weighted by atomic mass is 15.1. The average molecular weight is 370 g/mol. The van der Waals surface area contributed by atoms with E-state index in [1.54, 1.807) is 0 Å². The van der Waals surface area contributed by atoms with Gasteiger partial charge >= 0.3 is 0 Å². The summed E-state index contributed by atoms with van der Waals surface area (Å²) in [6.45, 7) is 4.97. The lowest BCUT2D eigenvalue weighted by Gasteiger charge is -2.16. The summed E-state index contributed by atoms with van der Waals surface area (Å²) in [5, 5.41) is 6.45. The fraction of sp³-hybridized carbons (Fsp3) is 1.00. The van der Waals surface area contributed by atoms with Crippen molar-refractivity contribution in [3.63, 3.8) is 0 Å². The summed E-state index contributed by atoms with van der Waals surface area (Å²) in [7, 11) is 6.40. The minimum atomic E-state index is 1.18. The molecule has 0 aliphatic carbocycles. The van der Waals surface area contributed by atoms with Crippen LogP contribution in [-0.2, 0) is 0 Å². The third-order valence-electron chi connectivity index (χ3n) is 5.43. The number of nitrogens with one attached hydrogen (secondary N) is 2. The molecule has 0 heterocycles. The standard InChI is InChI=1S/C23H51N3/c1-24-20-16-12-8-4-6-10-14-18-22-26(3)23-19-15-11-7-5-9-13-17-21-25-2/h24-25H,4-23H2,1-3H3. The van der Waals surface area contributed by atoms with Crippen LogP contribution in [-0.4, -0.2) is 52.2 Å². The van der Waals surface area contributed by atoms with Gasteiger partial charge in [-0.25, -0.2) is 0 Å². The Hall–Kier alpha value is -0.120. The van der Waals surface area contributed by atoms with Crippen molar-refractivity contribution in [3.05, 3.63) is 0 Å². The van der Waals surface area contributed by atoms with Gasteiger partial charge in [0.25, 0.3) is 0 Å². The maximum Gasteiger partial charge on any atom is -0.00218 e. The number of hydrogen-bond acceptors (Lipinski definition) is 3. The lowest BCUT2D eigenvalue weighted by atomic mass is 10.1. The fourth-order valence-electron chi connectivity index (χ4n) is 3.60. The van der Waals surface area contributed by atoms with Gasteiger partial charge < -0.3 is 15.5 Å². The Kier molecular flexibility index (Phi) is 22.8. The third-order valence-corrected chi connectivity index (χ3v) is 5.43. The fourth-order valence-corrected chi connectivity index (χ4v) is 3.60. The van der Waals surface area contributed by atoms with E-state index in [0.717, 1.165) is 0 Å². The van der Waals surface area contributed by atoms with Crippen LogP contribution in [0.15, 0.2) is 0 Å². The molecule has 0 aromatic carbocycles. The van der Waals surface area contributed by atoms with Gasteiger partial charge in [0.1, 0.15) is 0 Å². The van der Waals surface area contributed by atoms with E-state index < -0.39 is 0 Å². The van der Waals surface area contributed by atoms with Gasteiger partial charge in [-0.15, -0.1) is 0 Å². The van der Waals surface area contributed by atoms with E-state index in [1.165, 1.54) is 129 Å². The second-order valence-corrected chi connectivity index (χ2v) is 8.17. The van der Waals surface area contributed by atoms with E-state index in [2.05, 4.69) is 22.6 Å². The van der Waals surface area contributed by atoms with Crippen LogP contribution in [0.2, 0.25) is 0 Å². The van der Waals surface area contributed by atoms with E-state index in [4.69, 9.17) is 0 Å². The van der Waals surface area contributed by atoms with Crippen molar-refractivity contribution >= 4 is 0 Å². The smallest absolute Gasteiger partial charge is 0.00218 e. The van der Waals surface area contributed by atoms with Crippen LogP contribution in [0.3, 0.4) is 0 Å². The van der Waals surface area contributed by atoms with Gasteiger partial charge in [0.2, 0.25) is 0 Å². The maximum atomic E-state index is 3.23. The first-order valence-electron chi connectivity index (χ1n) is 11.8. The molecule has 0 bridgehead atoms. The van der Waals surface area contributed by atoms with Gasteiger partial charge in [-0.3, -0.25) is 0 Å². The van der Waals surface area contributed by atoms with Crippen LogP contribution in [0.25, 0.3) is 0 Å². The SMILES string of the molecule is CNCCCCCCCCCCN(C)CCCCCCCCCCNC. The Morgan fingerprint density at radius 3 is 1.00 bits per heavy atom. The normalized spacial score (nSPS) is 11.5. The number of rotatable bonds is 22. The summed E-state index contributed by atoms with van der Waals surface area (Å²) < 4.78 is 0. The van der Waals surface area contributed by atoms with E-state index in [-0.39, 0.29) is 0 Å². The van der Waals surface area contributed by atoms with Crippen LogP contribution in [0.1, 0.15) is 103 Å². The van der Waals surface area contributed by atoms with Crippen molar-refractivity contribution in [2.45, 2.75) is 103 Å². The number of nitrogens with zero attached hydrogens (tertiary/aromatic N) is 1. The van der Waals surface area contributed by atoms with E-state index in [1.807, 2.05) is 14.1 Å².